The minimum Gasteiger partial charge on any atom is -0.494 e. The highest BCUT2D eigenvalue weighted by Crippen LogP contribution is 2.41. The molecule has 3 heteroatoms. The van der Waals surface area contributed by atoms with Gasteiger partial charge in [-0.15, -0.1) is 0 Å². The lowest BCUT2D eigenvalue weighted by atomic mass is 9.81. The number of nitrogens with two attached hydrogens (primary N) is 1. The fraction of sp³-hybridized carbons (Fsp3) is 0.625. The normalized spacial score (nSPS) is 26.8. The van der Waals surface area contributed by atoms with Crippen molar-refractivity contribution < 1.29 is 9.13 Å². The number of hydrogen-bond acceptors (Lipinski definition) is 2. The van der Waals surface area contributed by atoms with Gasteiger partial charge in [0.05, 0.1) is 7.11 Å². The Balaban J connectivity index is 2.26. The summed E-state index contributed by atoms with van der Waals surface area (Å²) in [6, 6.07) is 5.12. The molecule has 0 spiro atoms. The van der Waals surface area contributed by atoms with Crippen molar-refractivity contribution >= 4 is 0 Å². The Bertz CT molecular complexity index is 458. The van der Waals surface area contributed by atoms with Crippen LogP contribution >= 0.6 is 0 Å². The van der Waals surface area contributed by atoms with Gasteiger partial charge in [-0.05, 0) is 48.8 Å². The van der Waals surface area contributed by atoms with Crippen LogP contribution in [0, 0.1) is 11.2 Å². The molecule has 1 aliphatic carbocycles. The van der Waals surface area contributed by atoms with E-state index < -0.39 is 5.54 Å². The number of hydrogen-bond donors (Lipinski definition) is 1. The van der Waals surface area contributed by atoms with E-state index in [0.29, 0.717) is 5.41 Å². The van der Waals surface area contributed by atoms with Gasteiger partial charge in [0.2, 0.25) is 0 Å². The zero-order valence-corrected chi connectivity index (χ0v) is 12.1. The number of methoxy groups -OCH3 is 1. The second-order valence-electron chi connectivity index (χ2n) is 6.52. The highest BCUT2D eigenvalue weighted by Gasteiger charge is 2.34. The summed E-state index contributed by atoms with van der Waals surface area (Å²) in [5, 5.41) is 0. The van der Waals surface area contributed by atoms with Gasteiger partial charge < -0.3 is 10.5 Å². The zero-order valence-electron chi connectivity index (χ0n) is 12.1. The maximum absolute atomic E-state index is 13.8. The first kappa shape index (κ1) is 14.3. The van der Waals surface area contributed by atoms with Crippen LogP contribution < -0.4 is 10.5 Å². The fourth-order valence-corrected chi connectivity index (χ4v) is 2.96. The molecule has 2 N–H and O–H groups in total. The van der Waals surface area contributed by atoms with Gasteiger partial charge in [-0.3, -0.25) is 0 Å². The second-order valence-corrected chi connectivity index (χ2v) is 6.52. The first-order valence-electron chi connectivity index (χ1n) is 6.99. The third-order valence-corrected chi connectivity index (χ3v) is 4.45. The van der Waals surface area contributed by atoms with Crippen molar-refractivity contribution in [2.24, 2.45) is 11.1 Å². The Morgan fingerprint density at radius 2 is 1.89 bits per heavy atom. The smallest absolute Gasteiger partial charge is 0.165 e. The largest absolute Gasteiger partial charge is 0.494 e. The lowest BCUT2D eigenvalue weighted by molar-refractivity contribution is 0.298. The van der Waals surface area contributed by atoms with Crippen LogP contribution in [0.3, 0.4) is 0 Å². The number of rotatable bonds is 2. The first-order chi connectivity index (χ1) is 8.86. The highest BCUT2D eigenvalue weighted by molar-refractivity contribution is 5.33. The standard InChI is InChI=1S/C16H24FNO/c1-15(2)7-4-8-16(18,10-9-15)12-5-6-14(19-3)13(17)11-12/h5-6,11H,4,7-10,18H2,1-3H3. The predicted molar refractivity (Wildman–Crippen MR) is 75.7 cm³/mol. The Hall–Kier alpha value is -1.09. The average molecular weight is 265 g/mol. The van der Waals surface area contributed by atoms with E-state index in [1.807, 2.05) is 6.07 Å². The molecule has 1 unspecified atom stereocenters. The Morgan fingerprint density at radius 1 is 1.16 bits per heavy atom. The van der Waals surface area contributed by atoms with Crippen molar-refractivity contribution in [2.45, 2.75) is 51.5 Å². The zero-order chi connectivity index (χ0) is 14.1. The van der Waals surface area contributed by atoms with E-state index in [2.05, 4.69) is 13.8 Å². The number of ether oxygens (including phenoxy) is 1. The maximum Gasteiger partial charge on any atom is 0.165 e. The van der Waals surface area contributed by atoms with E-state index in [0.717, 1.165) is 31.2 Å². The molecule has 0 bridgehead atoms. The van der Waals surface area contributed by atoms with Gasteiger partial charge >= 0.3 is 0 Å². The minimum atomic E-state index is -0.402. The molecule has 0 radical (unpaired) electrons. The molecule has 1 aromatic carbocycles. The molecule has 1 saturated carbocycles. The van der Waals surface area contributed by atoms with Crippen molar-refractivity contribution in [3.05, 3.63) is 29.6 Å². The first-order valence-corrected chi connectivity index (χ1v) is 6.99. The Morgan fingerprint density at radius 3 is 2.53 bits per heavy atom. The molecule has 1 fully saturated rings. The molecule has 19 heavy (non-hydrogen) atoms. The van der Waals surface area contributed by atoms with Gasteiger partial charge in [0, 0.05) is 5.54 Å². The van der Waals surface area contributed by atoms with E-state index in [4.69, 9.17) is 10.5 Å². The van der Waals surface area contributed by atoms with Gasteiger partial charge in [-0.25, -0.2) is 4.39 Å². The molecule has 2 nitrogen and oxygen atoms in total. The summed E-state index contributed by atoms with van der Waals surface area (Å²) in [6.07, 6.45) is 5.19. The van der Waals surface area contributed by atoms with Gasteiger partial charge in [0.1, 0.15) is 0 Å². The maximum atomic E-state index is 13.8. The van der Waals surface area contributed by atoms with E-state index in [1.165, 1.54) is 19.6 Å². The summed E-state index contributed by atoms with van der Waals surface area (Å²) in [7, 11) is 1.48. The van der Waals surface area contributed by atoms with Gasteiger partial charge in [0.25, 0.3) is 0 Å². The molecule has 1 aliphatic rings. The van der Waals surface area contributed by atoms with E-state index in [1.54, 1.807) is 6.07 Å². The molecule has 2 rings (SSSR count). The fourth-order valence-electron chi connectivity index (χ4n) is 2.96. The molecule has 0 saturated heterocycles. The Labute approximate surface area is 115 Å². The molecule has 0 heterocycles. The monoisotopic (exact) mass is 265 g/mol. The molecule has 1 atom stereocenters. The Kier molecular flexibility index (Phi) is 3.86. The van der Waals surface area contributed by atoms with Crippen LogP contribution in [0.4, 0.5) is 4.39 Å². The summed E-state index contributed by atoms with van der Waals surface area (Å²) in [5.74, 6) is -0.0466. The van der Waals surface area contributed by atoms with Crippen LogP contribution in [-0.4, -0.2) is 7.11 Å². The lowest BCUT2D eigenvalue weighted by Crippen LogP contribution is -2.36. The SMILES string of the molecule is COc1ccc(C2(N)CCCC(C)(C)CC2)cc1F. The number of halogens is 1. The van der Waals surface area contributed by atoms with Crippen molar-refractivity contribution in [3.63, 3.8) is 0 Å². The summed E-state index contributed by atoms with van der Waals surface area (Å²) < 4.78 is 18.8. The van der Waals surface area contributed by atoms with Gasteiger partial charge in [-0.2, -0.15) is 0 Å². The van der Waals surface area contributed by atoms with Crippen LogP contribution in [0.2, 0.25) is 0 Å². The summed E-state index contributed by atoms with van der Waals surface area (Å²) in [5.41, 5.74) is 7.38. The summed E-state index contributed by atoms with van der Waals surface area (Å²) in [4.78, 5) is 0. The van der Waals surface area contributed by atoms with Crippen LogP contribution in [-0.2, 0) is 5.54 Å². The van der Waals surface area contributed by atoms with Crippen molar-refractivity contribution in [3.8, 4) is 5.75 Å². The molecule has 0 aromatic heterocycles. The second kappa shape index (κ2) is 5.12. The number of benzene rings is 1. The summed E-state index contributed by atoms with van der Waals surface area (Å²) >= 11 is 0. The predicted octanol–water partition coefficient (Wildman–Crippen LogP) is 3.98. The molecule has 106 valence electrons. The average Bonchev–Trinajstić information content (AvgIpc) is 2.49. The third-order valence-electron chi connectivity index (χ3n) is 4.45. The van der Waals surface area contributed by atoms with Crippen molar-refractivity contribution in [2.75, 3.05) is 7.11 Å². The third kappa shape index (κ3) is 3.08. The molecular formula is C16H24FNO. The van der Waals surface area contributed by atoms with Crippen LogP contribution in [0.15, 0.2) is 18.2 Å². The molecule has 1 aromatic rings. The van der Waals surface area contributed by atoms with Crippen LogP contribution in [0.1, 0.15) is 51.5 Å². The van der Waals surface area contributed by atoms with Crippen LogP contribution in [0.5, 0.6) is 5.75 Å². The lowest BCUT2D eigenvalue weighted by Gasteiger charge is -2.30. The molecule has 0 aliphatic heterocycles. The molecular weight excluding hydrogens is 241 g/mol. The van der Waals surface area contributed by atoms with Gasteiger partial charge in [-0.1, -0.05) is 26.3 Å². The topological polar surface area (TPSA) is 35.2 Å². The summed E-state index contributed by atoms with van der Waals surface area (Å²) in [6.45, 7) is 4.57. The van der Waals surface area contributed by atoms with Gasteiger partial charge in [0.15, 0.2) is 11.6 Å². The van der Waals surface area contributed by atoms with E-state index >= 15 is 0 Å². The quantitative estimate of drug-likeness (QED) is 0.821. The van der Waals surface area contributed by atoms with E-state index in [-0.39, 0.29) is 11.6 Å². The highest BCUT2D eigenvalue weighted by atomic mass is 19.1. The van der Waals surface area contributed by atoms with Crippen molar-refractivity contribution in [1.29, 1.82) is 0 Å². The molecule has 0 amide bonds. The minimum absolute atomic E-state index is 0.279. The van der Waals surface area contributed by atoms with Crippen molar-refractivity contribution in [1.82, 2.24) is 0 Å². The van der Waals surface area contributed by atoms with E-state index in [9.17, 15) is 4.39 Å². The van der Waals surface area contributed by atoms with Crippen LogP contribution in [0.25, 0.3) is 0 Å².